The topological polar surface area (TPSA) is 83.1 Å². The standard InChI is InChI=1S/C22H40O9/c1-4-5-23-14-20-15-24-10-12-30-21(2)16-25-6-8-27-18-22(3,31-13-11-29-20)19-28-9-7-26-17-21/h4,20H,1,5-19H2,2-3H3. The molecule has 1 atom stereocenters. The van der Waals surface area contributed by atoms with E-state index in [1.807, 2.05) is 13.8 Å². The van der Waals surface area contributed by atoms with Crippen LogP contribution in [0.4, 0.5) is 0 Å². The van der Waals surface area contributed by atoms with Crippen molar-refractivity contribution in [2.45, 2.75) is 31.2 Å². The lowest BCUT2D eigenvalue weighted by Crippen LogP contribution is -2.43. The fourth-order valence-electron chi connectivity index (χ4n) is 3.13. The van der Waals surface area contributed by atoms with Crippen molar-refractivity contribution >= 4 is 0 Å². The van der Waals surface area contributed by atoms with Crippen molar-refractivity contribution in [1.82, 2.24) is 0 Å². The maximum absolute atomic E-state index is 6.08. The Balaban J connectivity index is 2.02. The SMILES string of the molecule is C=CCOCC1COCCOC2(C)COCCOCC(C)(COCCOC2)OCCO1. The van der Waals surface area contributed by atoms with Gasteiger partial charge in [-0.15, -0.1) is 6.58 Å². The van der Waals surface area contributed by atoms with Crippen molar-refractivity contribution in [3.05, 3.63) is 12.7 Å². The predicted molar refractivity (Wildman–Crippen MR) is 114 cm³/mol. The molecule has 0 saturated carbocycles. The van der Waals surface area contributed by atoms with Gasteiger partial charge >= 0.3 is 0 Å². The zero-order valence-corrected chi connectivity index (χ0v) is 19.1. The van der Waals surface area contributed by atoms with Crippen LogP contribution in [-0.2, 0) is 42.6 Å². The molecule has 0 N–H and O–H groups in total. The third-order valence-corrected chi connectivity index (χ3v) is 4.78. The molecule has 3 rings (SSSR count). The van der Waals surface area contributed by atoms with Gasteiger partial charge in [0, 0.05) is 0 Å². The molecule has 2 bridgehead atoms. The van der Waals surface area contributed by atoms with Gasteiger partial charge in [0.05, 0.1) is 99.1 Å². The normalized spacial score (nSPS) is 33.8. The van der Waals surface area contributed by atoms with Crippen molar-refractivity contribution in [3.8, 4) is 0 Å². The minimum absolute atomic E-state index is 0.210. The molecule has 0 spiro atoms. The number of hydrogen-bond acceptors (Lipinski definition) is 9. The van der Waals surface area contributed by atoms with E-state index < -0.39 is 11.2 Å². The highest BCUT2D eigenvalue weighted by molar-refractivity contribution is 4.77. The Labute approximate surface area is 186 Å². The lowest BCUT2D eigenvalue weighted by Gasteiger charge is -2.32. The van der Waals surface area contributed by atoms with E-state index in [4.69, 9.17) is 42.6 Å². The van der Waals surface area contributed by atoms with Crippen LogP contribution in [0.3, 0.4) is 0 Å². The summed E-state index contributed by atoms with van der Waals surface area (Å²) in [5.74, 6) is 0. The van der Waals surface area contributed by atoms with E-state index in [2.05, 4.69) is 6.58 Å². The Morgan fingerprint density at radius 2 is 1.23 bits per heavy atom. The first kappa shape index (κ1) is 26.6. The van der Waals surface area contributed by atoms with E-state index in [0.29, 0.717) is 99.1 Å². The molecular weight excluding hydrogens is 408 g/mol. The van der Waals surface area contributed by atoms with Crippen LogP contribution in [0.2, 0.25) is 0 Å². The van der Waals surface area contributed by atoms with E-state index in [1.165, 1.54) is 0 Å². The smallest absolute Gasteiger partial charge is 0.112 e. The molecule has 3 saturated heterocycles. The summed E-state index contributed by atoms with van der Waals surface area (Å²) in [4.78, 5) is 0. The Kier molecular flexibility index (Phi) is 13.1. The van der Waals surface area contributed by atoms with Crippen LogP contribution in [0.5, 0.6) is 0 Å². The largest absolute Gasteiger partial charge is 0.376 e. The van der Waals surface area contributed by atoms with E-state index in [1.54, 1.807) is 6.08 Å². The van der Waals surface area contributed by atoms with E-state index in [0.717, 1.165) is 0 Å². The van der Waals surface area contributed by atoms with Gasteiger partial charge < -0.3 is 42.6 Å². The van der Waals surface area contributed by atoms with Crippen molar-refractivity contribution < 1.29 is 42.6 Å². The summed E-state index contributed by atoms with van der Waals surface area (Å²) in [6.45, 7) is 13.9. The molecule has 0 aliphatic carbocycles. The van der Waals surface area contributed by atoms with Gasteiger partial charge in [-0.1, -0.05) is 6.08 Å². The van der Waals surface area contributed by atoms with Gasteiger partial charge in [0.1, 0.15) is 17.3 Å². The number of hydrogen-bond donors (Lipinski definition) is 0. The van der Waals surface area contributed by atoms with Crippen LogP contribution < -0.4 is 0 Å². The molecule has 9 heteroatoms. The summed E-state index contributed by atoms with van der Waals surface area (Å²) in [5, 5.41) is 0. The highest BCUT2D eigenvalue weighted by Crippen LogP contribution is 2.15. The Hall–Kier alpha value is -0.620. The molecule has 0 radical (unpaired) electrons. The first-order valence-electron chi connectivity index (χ1n) is 11.0. The second-order valence-corrected chi connectivity index (χ2v) is 8.20. The quantitative estimate of drug-likeness (QED) is 0.358. The highest BCUT2D eigenvalue weighted by atomic mass is 16.6. The predicted octanol–water partition coefficient (Wildman–Crippen LogP) is 1.24. The summed E-state index contributed by atoms with van der Waals surface area (Å²) in [6, 6.07) is 0. The van der Waals surface area contributed by atoms with E-state index >= 15 is 0 Å². The summed E-state index contributed by atoms with van der Waals surface area (Å²) in [7, 11) is 0. The van der Waals surface area contributed by atoms with Gasteiger partial charge in [0.25, 0.3) is 0 Å². The molecule has 9 nitrogen and oxygen atoms in total. The molecule has 3 heterocycles. The summed E-state index contributed by atoms with van der Waals surface area (Å²) in [6.07, 6.45) is 1.50. The van der Waals surface area contributed by atoms with Gasteiger partial charge in [-0.2, -0.15) is 0 Å². The van der Waals surface area contributed by atoms with Crippen molar-refractivity contribution in [1.29, 1.82) is 0 Å². The second kappa shape index (κ2) is 15.3. The van der Waals surface area contributed by atoms with Crippen molar-refractivity contribution in [2.75, 3.05) is 99.1 Å². The van der Waals surface area contributed by atoms with Crippen LogP contribution in [-0.4, -0.2) is 116 Å². The Bertz CT molecular complexity index is 458. The van der Waals surface area contributed by atoms with Gasteiger partial charge in [-0.05, 0) is 13.8 Å². The maximum Gasteiger partial charge on any atom is 0.112 e. The van der Waals surface area contributed by atoms with Crippen molar-refractivity contribution in [2.24, 2.45) is 0 Å². The molecule has 0 aromatic heterocycles. The van der Waals surface area contributed by atoms with Crippen LogP contribution in [0.25, 0.3) is 0 Å². The van der Waals surface area contributed by atoms with Crippen LogP contribution in [0.15, 0.2) is 12.7 Å². The van der Waals surface area contributed by atoms with Crippen molar-refractivity contribution in [3.63, 3.8) is 0 Å². The zero-order chi connectivity index (χ0) is 22.3. The molecule has 0 aromatic rings. The summed E-state index contributed by atoms with van der Waals surface area (Å²) < 4.78 is 52.6. The molecule has 1 unspecified atom stereocenters. The number of fused-ring (bicyclic) bond motifs is 19. The van der Waals surface area contributed by atoms with Gasteiger partial charge in [-0.25, -0.2) is 0 Å². The lowest BCUT2D eigenvalue weighted by molar-refractivity contribution is -0.171. The second-order valence-electron chi connectivity index (χ2n) is 8.20. The fourth-order valence-corrected chi connectivity index (χ4v) is 3.13. The van der Waals surface area contributed by atoms with Gasteiger partial charge in [-0.3, -0.25) is 0 Å². The highest BCUT2D eigenvalue weighted by Gasteiger charge is 2.29. The molecule has 3 fully saturated rings. The average molecular weight is 449 g/mol. The third kappa shape index (κ3) is 11.7. The van der Waals surface area contributed by atoms with E-state index in [-0.39, 0.29) is 6.10 Å². The first-order valence-corrected chi connectivity index (χ1v) is 11.0. The monoisotopic (exact) mass is 448 g/mol. The maximum atomic E-state index is 6.08. The summed E-state index contributed by atoms with van der Waals surface area (Å²) >= 11 is 0. The van der Waals surface area contributed by atoms with E-state index in [9.17, 15) is 0 Å². The molecule has 0 aromatic carbocycles. The fraction of sp³-hybridized carbons (Fsp3) is 0.909. The average Bonchev–Trinajstić information content (AvgIpc) is 2.75. The molecule has 0 amide bonds. The van der Waals surface area contributed by atoms with Gasteiger partial charge in [0.15, 0.2) is 0 Å². The minimum Gasteiger partial charge on any atom is -0.376 e. The number of ether oxygens (including phenoxy) is 9. The number of rotatable bonds is 4. The Morgan fingerprint density at radius 1 is 0.742 bits per heavy atom. The molecule has 182 valence electrons. The van der Waals surface area contributed by atoms with Crippen LogP contribution in [0, 0.1) is 0 Å². The van der Waals surface area contributed by atoms with Crippen LogP contribution >= 0.6 is 0 Å². The lowest BCUT2D eigenvalue weighted by atomic mass is 10.1. The Morgan fingerprint density at radius 3 is 1.74 bits per heavy atom. The molecule has 3 aliphatic rings. The zero-order valence-electron chi connectivity index (χ0n) is 19.1. The van der Waals surface area contributed by atoms with Gasteiger partial charge in [0.2, 0.25) is 0 Å². The molecule has 31 heavy (non-hydrogen) atoms. The first-order chi connectivity index (χ1) is 15.1. The molecule has 3 aliphatic heterocycles. The van der Waals surface area contributed by atoms with Crippen LogP contribution in [0.1, 0.15) is 13.8 Å². The third-order valence-electron chi connectivity index (χ3n) is 4.78. The molecular formula is C22H40O9. The summed E-state index contributed by atoms with van der Waals surface area (Å²) in [5.41, 5.74) is -1.18. The minimum atomic E-state index is -0.595.